The van der Waals surface area contributed by atoms with Crippen LogP contribution in [0.3, 0.4) is 0 Å². The summed E-state index contributed by atoms with van der Waals surface area (Å²) < 4.78 is 36.1. The number of urea groups is 1. The Morgan fingerprint density at radius 3 is 2.55 bits per heavy atom. The highest BCUT2D eigenvalue weighted by Gasteiger charge is 2.32. The van der Waals surface area contributed by atoms with Gasteiger partial charge in [0.1, 0.15) is 6.54 Å². The first-order valence-corrected chi connectivity index (χ1v) is 6.59. The predicted octanol–water partition coefficient (Wildman–Crippen LogP) is 1.49. The van der Waals surface area contributed by atoms with Crippen molar-refractivity contribution < 1.29 is 22.8 Å². The van der Waals surface area contributed by atoms with E-state index in [1.54, 1.807) is 0 Å². The maximum absolute atomic E-state index is 12.0. The lowest BCUT2D eigenvalue weighted by atomic mass is 9.97. The van der Waals surface area contributed by atoms with Crippen LogP contribution in [-0.2, 0) is 4.79 Å². The molecule has 1 atom stereocenters. The molecule has 0 aromatic heterocycles. The van der Waals surface area contributed by atoms with Crippen LogP contribution in [-0.4, -0.2) is 48.7 Å². The molecule has 1 aliphatic rings. The van der Waals surface area contributed by atoms with Crippen molar-refractivity contribution >= 4 is 11.9 Å². The second kappa shape index (κ2) is 6.81. The first-order chi connectivity index (χ1) is 9.19. The van der Waals surface area contributed by atoms with Crippen LogP contribution >= 0.6 is 0 Å². The van der Waals surface area contributed by atoms with Gasteiger partial charge in [0.2, 0.25) is 5.91 Å². The number of carbonyl (C=O) groups excluding carboxylic acids is 2. The lowest BCUT2D eigenvalue weighted by molar-refractivity contribution is -0.141. The van der Waals surface area contributed by atoms with Crippen molar-refractivity contribution in [2.24, 2.45) is 5.92 Å². The quantitative estimate of drug-likeness (QED) is 0.829. The molecule has 1 rings (SSSR count). The highest BCUT2D eigenvalue weighted by Crippen LogP contribution is 2.18. The Hall–Kier alpha value is -1.47. The third kappa shape index (κ3) is 5.66. The molecule has 0 radical (unpaired) electrons. The number of piperidine rings is 1. The zero-order chi connectivity index (χ0) is 15.3. The van der Waals surface area contributed by atoms with Gasteiger partial charge in [0, 0.05) is 19.1 Å². The van der Waals surface area contributed by atoms with Gasteiger partial charge in [0.25, 0.3) is 0 Å². The number of likely N-dealkylation sites (tertiary alicyclic amines) is 1. The lowest BCUT2D eigenvalue weighted by Crippen LogP contribution is -2.50. The number of halogens is 3. The zero-order valence-electron chi connectivity index (χ0n) is 11.6. The molecule has 0 bridgehead atoms. The molecule has 0 spiro atoms. The minimum absolute atomic E-state index is 0.0260. The van der Waals surface area contributed by atoms with Crippen molar-refractivity contribution in [1.82, 2.24) is 15.5 Å². The van der Waals surface area contributed by atoms with Crippen LogP contribution in [0.4, 0.5) is 18.0 Å². The van der Waals surface area contributed by atoms with Crippen LogP contribution in [0.5, 0.6) is 0 Å². The summed E-state index contributed by atoms with van der Waals surface area (Å²) in [5.41, 5.74) is 0. The molecule has 1 fully saturated rings. The lowest BCUT2D eigenvalue weighted by Gasteiger charge is -2.32. The van der Waals surface area contributed by atoms with Gasteiger partial charge in [-0.15, -0.1) is 0 Å². The summed E-state index contributed by atoms with van der Waals surface area (Å²) in [7, 11) is 0. The number of carbonyl (C=O) groups is 2. The molecule has 0 unspecified atom stereocenters. The molecule has 20 heavy (non-hydrogen) atoms. The average molecular weight is 295 g/mol. The van der Waals surface area contributed by atoms with Crippen molar-refractivity contribution in [3.63, 3.8) is 0 Å². The Labute approximate surface area is 115 Å². The normalized spacial score (nSPS) is 19.9. The largest absolute Gasteiger partial charge is 0.405 e. The molecule has 0 aromatic carbocycles. The van der Waals surface area contributed by atoms with Gasteiger partial charge in [-0.25, -0.2) is 4.79 Å². The van der Waals surface area contributed by atoms with Crippen LogP contribution in [0.2, 0.25) is 0 Å². The fourth-order valence-electron chi connectivity index (χ4n) is 2.05. The molecule has 1 aliphatic heterocycles. The summed E-state index contributed by atoms with van der Waals surface area (Å²) >= 11 is 0. The summed E-state index contributed by atoms with van der Waals surface area (Å²) in [5, 5.41) is 4.57. The van der Waals surface area contributed by atoms with E-state index < -0.39 is 24.5 Å². The molecule has 1 saturated heterocycles. The predicted molar refractivity (Wildman–Crippen MR) is 67.0 cm³/mol. The van der Waals surface area contributed by atoms with Gasteiger partial charge in [-0.2, -0.15) is 13.2 Å². The van der Waals surface area contributed by atoms with Gasteiger partial charge in [-0.05, 0) is 26.7 Å². The molecule has 1 heterocycles. The van der Waals surface area contributed by atoms with E-state index in [2.05, 4.69) is 5.32 Å². The average Bonchev–Trinajstić information content (AvgIpc) is 2.34. The van der Waals surface area contributed by atoms with Crippen molar-refractivity contribution in [1.29, 1.82) is 0 Å². The SMILES string of the molecule is CC(C)NC(=O)N1CCC[C@H](C(=O)NCC(F)(F)F)C1. The molecule has 5 nitrogen and oxygen atoms in total. The molecule has 8 heteroatoms. The monoisotopic (exact) mass is 295 g/mol. The van der Waals surface area contributed by atoms with Gasteiger partial charge >= 0.3 is 12.2 Å². The molecule has 3 amide bonds. The molecular weight excluding hydrogens is 275 g/mol. The number of rotatable bonds is 3. The van der Waals surface area contributed by atoms with E-state index in [-0.39, 0.29) is 18.6 Å². The number of hydrogen-bond donors (Lipinski definition) is 2. The number of nitrogens with one attached hydrogen (secondary N) is 2. The molecule has 0 aliphatic carbocycles. The summed E-state index contributed by atoms with van der Waals surface area (Å²) in [6.45, 7) is 2.97. The van der Waals surface area contributed by atoms with E-state index in [9.17, 15) is 22.8 Å². The number of nitrogens with zero attached hydrogens (tertiary/aromatic N) is 1. The van der Waals surface area contributed by atoms with Crippen molar-refractivity contribution in [2.75, 3.05) is 19.6 Å². The standard InChI is InChI=1S/C12H20F3N3O2/c1-8(2)17-11(20)18-5-3-4-9(6-18)10(19)16-7-12(13,14)15/h8-9H,3-7H2,1-2H3,(H,16,19)(H,17,20)/t9-/m0/s1. The van der Waals surface area contributed by atoms with Crippen LogP contribution in [0, 0.1) is 5.92 Å². The summed E-state index contributed by atoms with van der Waals surface area (Å²) in [4.78, 5) is 24.9. The van der Waals surface area contributed by atoms with Crippen LogP contribution < -0.4 is 10.6 Å². The summed E-state index contributed by atoms with van der Waals surface area (Å²) in [6, 6.07) is -0.310. The van der Waals surface area contributed by atoms with E-state index >= 15 is 0 Å². The molecule has 116 valence electrons. The number of hydrogen-bond acceptors (Lipinski definition) is 2. The van der Waals surface area contributed by atoms with Gasteiger partial charge in [-0.1, -0.05) is 0 Å². The van der Waals surface area contributed by atoms with Gasteiger partial charge < -0.3 is 15.5 Å². The maximum Gasteiger partial charge on any atom is 0.405 e. The van der Waals surface area contributed by atoms with Gasteiger partial charge in [0.05, 0.1) is 5.92 Å². The minimum atomic E-state index is -4.42. The highest BCUT2D eigenvalue weighted by molar-refractivity contribution is 5.80. The molecular formula is C12H20F3N3O2. The first kappa shape index (κ1) is 16.6. The van der Waals surface area contributed by atoms with E-state index in [0.29, 0.717) is 19.4 Å². The second-order valence-electron chi connectivity index (χ2n) is 5.22. The van der Waals surface area contributed by atoms with Crippen LogP contribution in [0.25, 0.3) is 0 Å². The fourth-order valence-corrected chi connectivity index (χ4v) is 2.05. The third-order valence-electron chi connectivity index (χ3n) is 2.95. The van der Waals surface area contributed by atoms with Gasteiger partial charge in [0.15, 0.2) is 0 Å². The van der Waals surface area contributed by atoms with E-state index in [1.165, 1.54) is 4.90 Å². The Morgan fingerprint density at radius 2 is 2.00 bits per heavy atom. The highest BCUT2D eigenvalue weighted by atomic mass is 19.4. The van der Waals surface area contributed by atoms with Crippen LogP contribution in [0.15, 0.2) is 0 Å². The van der Waals surface area contributed by atoms with E-state index in [1.807, 2.05) is 19.2 Å². The molecule has 2 N–H and O–H groups in total. The van der Waals surface area contributed by atoms with E-state index in [0.717, 1.165) is 0 Å². The number of amides is 3. The second-order valence-corrected chi connectivity index (χ2v) is 5.22. The first-order valence-electron chi connectivity index (χ1n) is 6.59. The molecule has 0 aromatic rings. The molecule has 0 saturated carbocycles. The van der Waals surface area contributed by atoms with E-state index in [4.69, 9.17) is 0 Å². The van der Waals surface area contributed by atoms with Crippen molar-refractivity contribution in [3.8, 4) is 0 Å². The summed E-state index contributed by atoms with van der Waals surface area (Å²) in [6.07, 6.45) is -3.32. The number of alkyl halides is 3. The third-order valence-corrected chi connectivity index (χ3v) is 2.95. The fraction of sp³-hybridized carbons (Fsp3) is 0.833. The van der Waals surface area contributed by atoms with Crippen LogP contribution in [0.1, 0.15) is 26.7 Å². The van der Waals surface area contributed by atoms with Crippen molar-refractivity contribution in [3.05, 3.63) is 0 Å². The van der Waals surface area contributed by atoms with Gasteiger partial charge in [-0.3, -0.25) is 4.79 Å². The summed E-state index contributed by atoms with van der Waals surface area (Å²) in [5.74, 6) is -1.23. The topological polar surface area (TPSA) is 61.4 Å². The Bertz CT molecular complexity index is 358. The van der Waals surface area contributed by atoms with Crippen molar-refractivity contribution in [2.45, 2.75) is 38.9 Å². The maximum atomic E-state index is 12.0. The Balaban J connectivity index is 2.47. The smallest absolute Gasteiger partial charge is 0.347 e. The Morgan fingerprint density at radius 1 is 1.35 bits per heavy atom. The minimum Gasteiger partial charge on any atom is -0.347 e. The Kier molecular flexibility index (Phi) is 5.64. The zero-order valence-corrected chi connectivity index (χ0v) is 11.6.